The number of nitrogens with zero attached hydrogens (tertiary/aromatic N) is 4. The van der Waals surface area contributed by atoms with E-state index in [1.54, 1.807) is 0 Å². The highest BCUT2D eigenvalue weighted by atomic mass is 32.1. The number of rotatable bonds is 3. The van der Waals surface area contributed by atoms with Crippen LogP contribution < -0.4 is 10.9 Å². The van der Waals surface area contributed by atoms with Crippen LogP contribution in [0.15, 0.2) is 35.1 Å². The third kappa shape index (κ3) is 2.42. The Balaban J connectivity index is 1.72. The number of fused-ring (bicyclic) bond motifs is 1. The van der Waals surface area contributed by atoms with Gasteiger partial charge in [0.2, 0.25) is 4.96 Å². The quantitative estimate of drug-likeness (QED) is 0.794. The van der Waals surface area contributed by atoms with Crippen LogP contribution >= 0.6 is 11.3 Å². The average molecular weight is 313 g/mol. The molecule has 0 aliphatic carbocycles. The second-order valence-corrected chi connectivity index (χ2v) is 6.39. The van der Waals surface area contributed by atoms with Crippen molar-refractivity contribution >= 4 is 16.3 Å². The zero-order chi connectivity index (χ0) is 14.9. The van der Waals surface area contributed by atoms with Crippen molar-refractivity contribution in [2.24, 2.45) is 0 Å². The van der Waals surface area contributed by atoms with Crippen molar-refractivity contribution in [3.8, 4) is 0 Å². The summed E-state index contributed by atoms with van der Waals surface area (Å²) in [5, 5.41) is 17.0. The van der Waals surface area contributed by atoms with E-state index in [0.29, 0.717) is 17.1 Å². The molecule has 1 aromatic carbocycles. The summed E-state index contributed by atoms with van der Waals surface area (Å²) >= 11 is 1.44. The van der Waals surface area contributed by atoms with Crippen LogP contribution in [0.25, 0.3) is 4.96 Å². The number of benzene rings is 1. The van der Waals surface area contributed by atoms with Gasteiger partial charge in [0.1, 0.15) is 10.7 Å². The minimum Gasteiger partial charge on any atom is -0.308 e. The molecule has 0 spiro atoms. The molecule has 1 aliphatic heterocycles. The molecule has 1 N–H and O–H groups in total. The summed E-state index contributed by atoms with van der Waals surface area (Å²) < 4.78 is 1.39. The second-order valence-electron chi connectivity index (χ2n) is 5.40. The van der Waals surface area contributed by atoms with E-state index in [1.165, 1.54) is 15.9 Å². The van der Waals surface area contributed by atoms with Gasteiger partial charge in [-0.15, -0.1) is 10.2 Å². The molecular weight excluding hydrogens is 298 g/mol. The summed E-state index contributed by atoms with van der Waals surface area (Å²) in [5.41, 5.74) is 1.30. The molecule has 112 valence electrons. The number of nitrogens with one attached hydrogen (secondary N) is 1. The zero-order valence-electron chi connectivity index (χ0n) is 11.9. The van der Waals surface area contributed by atoms with Gasteiger partial charge in [-0.1, -0.05) is 41.7 Å². The van der Waals surface area contributed by atoms with Crippen molar-refractivity contribution < 1.29 is 0 Å². The normalized spacial score (nSPS) is 18.1. The molecule has 1 fully saturated rings. The van der Waals surface area contributed by atoms with Crippen LogP contribution in [-0.2, 0) is 6.42 Å². The molecule has 3 aromatic rings. The first-order valence-electron chi connectivity index (χ1n) is 7.34. The Morgan fingerprint density at radius 3 is 2.91 bits per heavy atom. The maximum absolute atomic E-state index is 12.5. The lowest BCUT2D eigenvalue weighted by molar-refractivity contribution is 0.626. The van der Waals surface area contributed by atoms with Gasteiger partial charge in [-0.25, -0.2) is 0 Å². The fourth-order valence-corrected chi connectivity index (χ4v) is 3.64. The lowest BCUT2D eigenvalue weighted by atomic mass is 10.1. The van der Waals surface area contributed by atoms with E-state index in [9.17, 15) is 4.79 Å². The number of hydrogen-bond acceptors (Lipinski definition) is 6. The maximum Gasteiger partial charge on any atom is 0.297 e. The van der Waals surface area contributed by atoms with E-state index in [-0.39, 0.29) is 11.6 Å². The highest BCUT2D eigenvalue weighted by molar-refractivity contribution is 7.16. The molecule has 7 heteroatoms. The third-order valence-electron chi connectivity index (χ3n) is 3.84. The van der Waals surface area contributed by atoms with Crippen molar-refractivity contribution in [2.45, 2.75) is 25.3 Å². The van der Waals surface area contributed by atoms with E-state index in [1.807, 2.05) is 30.3 Å². The summed E-state index contributed by atoms with van der Waals surface area (Å²) in [4.78, 5) is 13.1. The first kappa shape index (κ1) is 13.5. The van der Waals surface area contributed by atoms with Gasteiger partial charge >= 0.3 is 0 Å². The second kappa shape index (κ2) is 5.58. The monoisotopic (exact) mass is 313 g/mol. The maximum atomic E-state index is 12.5. The molecule has 3 heterocycles. The van der Waals surface area contributed by atoms with Gasteiger partial charge in [0.25, 0.3) is 5.56 Å². The van der Waals surface area contributed by atoms with Crippen molar-refractivity contribution in [3.05, 3.63) is 57.0 Å². The standard InChI is InChI=1S/C15H15N5OS/c21-14-12(9-10-5-2-1-3-6-10)17-18-15-20(14)19-13(22-15)11-7-4-8-16-11/h1-3,5-6,11,16H,4,7-9H2. The van der Waals surface area contributed by atoms with Crippen LogP contribution in [0.2, 0.25) is 0 Å². The molecule has 4 rings (SSSR count). The van der Waals surface area contributed by atoms with Crippen molar-refractivity contribution in [2.75, 3.05) is 6.54 Å². The predicted molar refractivity (Wildman–Crippen MR) is 84.2 cm³/mol. The number of aromatic nitrogens is 4. The molecule has 0 saturated carbocycles. The Labute approximate surface area is 130 Å². The minimum absolute atomic E-state index is 0.172. The summed E-state index contributed by atoms with van der Waals surface area (Å²) in [6.45, 7) is 1.00. The lowest BCUT2D eigenvalue weighted by Crippen LogP contribution is -2.22. The number of hydrogen-bond donors (Lipinski definition) is 1. The van der Waals surface area contributed by atoms with Crippen molar-refractivity contribution in [1.29, 1.82) is 0 Å². The van der Waals surface area contributed by atoms with Gasteiger partial charge in [0, 0.05) is 6.42 Å². The van der Waals surface area contributed by atoms with Crippen molar-refractivity contribution in [1.82, 2.24) is 25.1 Å². The molecule has 1 aliphatic rings. The summed E-state index contributed by atoms with van der Waals surface area (Å²) in [6, 6.07) is 10.0. The molecule has 0 amide bonds. The highest BCUT2D eigenvalue weighted by Crippen LogP contribution is 2.25. The highest BCUT2D eigenvalue weighted by Gasteiger charge is 2.21. The van der Waals surface area contributed by atoms with Gasteiger partial charge in [-0.2, -0.15) is 9.61 Å². The van der Waals surface area contributed by atoms with E-state index in [0.717, 1.165) is 30.0 Å². The molecule has 1 atom stereocenters. The summed E-state index contributed by atoms with van der Waals surface area (Å²) in [5.74, 6) is 0. The van der Waals surface area contributed by atoms with Crippen LogP contribution in [0.3, 0.4) is 0 Å². The van der Waals surface area contributed by atoms with Crippen LogP contribution in [-0.4, -0.2) is 26.4 Å². The van der Waals surface area contributed by atoms with Gasteiger partial charge in [0.05, 0.1) is 6.04 Å². The predicted octanol–water partition coefficient (Wildman–Crippen LogP) is 1.56. The van der Waals surface area contributed by atoms with Crippen LogP contribution in [0.5, 0.6) is 0 Å². The van der Waals surface area contributed by atoms with Gasteiger partial charge < -0.3 is 5.32 Å². The smallest absolute Gasteiger partial charge is 0.297 e. The fraction of sp³-hybridized carbons (Fsp3) is 0.333. The Morgan fingerprint density at radius 2 is 2.14 bits per heavy atom. The Bertz CT molecular complexity index is 851. The van der Waals surface area contributed by atoms with Gasteiger partial charge in [-0.3, -0.25) is 4.79 Å². The first-order chi connectivity index (χ1) is 10.8. The molecule has 1 saturated heterocycles. The van der Waals surface area contributed by atoms with E-state index in [2.05, 4.69) is 20.6 Å². The lowest BCUT2D eigenvalue weighted by Gasteiger charge is -2.02. The first-order valence-corrected chi connectivity index (χ1v) is 8.15. The van der Waals surface area contributed by atoms with Crippen LogP contribution in [0.1, 0.15) is 35.1 Å². The molecule has 22 heavy (non-hydrogen) atoms. The molecule has 6 nitrogen and oxygen atoms in total. The SMILES string of the molecule is O=c1c(Cc2ccccc2)nnc2sc(C3CCCN3)nn12. The Kier molecular flexibility index (Phi) is 3.44. The topological polar surface area (TPSA) is 72.2 Å². The molecular formula is C15H15N5OS. The molecule has 0 bridgehead atoms. The summed E-state index contributed by atoms with van der Waals surface area (Å²) in [7, 11) is 0. The molecule has 2 aromatic heterocycles. The molecule has 0 radical (unpaired) electrons. The average Bonchev–Trinajstić information content (AvgIpc) is 3.20. The van der Waals surface area contributed by atoms with Crippen LogP contribution in [0.4, 0.5) is 0 Å². The van der Waals surface area contributed by atoms with E-state index >= 15 is 0 Å². The van der Waals surface area contributed by atoms with Gasteiger partial charge in [-0.05, 0) is 24.9 Å². The Hall–Kier alpha value is -2.12. The molecule has 1 unspecified atom stereocenters. The van der Waals surface area contributed by atoms with Crippen LogP contribution in [0, 0.1) is 0 Å². The van der Waals surface area contributed by atoms with Gasteiger partial charge in [0.15, 0.2) is 0 Å². The van der Waals surface area contributed by atoms with E-state index in [4.69, 9.17) is 0 Å². The summed E-state index contributed by atoms with van der Waals surface area (Å²) in [6.07, 6.45) is 2.67. The largest absolute Gasteiger partial charge is 0.308 e. The third-order valence-corrected chi connectivity index (χ3v) is 4.86. The zero-order valence-corrected chi connectivity index (χ0v) is 12.7. The minimum atomic E-state index is -0.172. The van der Waals surface area contributed by atoms with E-state index < -0.39 is 0 Å². The Morgan fingerprint density at radius 1 is 1.27 bits per heavy atom. The fourth-order valence-electron chi connectivity index (χ4n) is 2.70. The van der Waals surface area contributed by atoms with Crippen molar-refractivity contribution in [3.63, 3.8) is 0 Å².